The first-order valence-electron chi connectivity index (χ1n) is 9.85. The quantitative estimate of drug-likeness (QED) is 0.407. The SMILES string of the molecule is CSCCC(NC(=O)c1ccc(C(C)(N)c2cnc[nH]2)cc1-c1ccccc1)C(=O)O. The number of carboxylic acids is 1. The van der Waals surface area contributed by atoms with Gasteiger partial charge in [0.2, 0.25) is 0 Å². The molecule has 0 saturated heterocycles. The molecular formula is C23H26N4O3S. The molecule has 0 bridgehead atoms. The van der Waals surface area contributed by atoms with Crippen LogP contribution in [0.15, 0.2) is 61.1 Å². The Hall–Kier alpha value is -3.10. The maximum absolute atomic E-state index is 13.1. The molecule has 2 atom stereocenters. The van der Waals surface area contributed by atoms with E-state index in [0.717, 1.165) is 16.8 Å². The summed E-state index contributed by atoms with van der Waals surface area (Å²) in [6.07, 6.45) is 5.49. The van der Waals surface area contributed by atoms with Gasteiger partial charge in [-0.2, -0.15) is 11.8 Å². The van der Waals surface area contributed by atoms with Gasteiger partial charge in [-0.3, -0.25) is 4.79 Å². The number of nitrogens with two attached hydrogens (primary N) is 1. The van der Waals surface area contributed by atoms with Crippen molar-refractivity contribution in [2.45, 2.75) is 24.9 Å². The van der Waals surface area contributed by atoms with E-state index in [9.17, 15) is 14.7 Å². The molecule has 31 heavy (non-hydrogen) atoms. The summed E-state index contributed by atoms with van der Waals surface area (Å²) < 4.78 is 0. The van der Waals surface area contributed by atoms with Gasteiger partial charge >= 0.3 is 5.97 Å². The zero-order valence-corrected chi connectivity index (χ0v) is 18.3. The number of nitrogens with one attached hydrogen (secondary N) is 2. The number of carboxylic acid groups (broad SMARTS) is 1. The zero-order chi connectivity index (χ0) is 22.4. The van der Waals surface area contributed by atoms with E-state index in [2.05, 4.69) is 15.3 Å². The maximum Gasteiger partial charge on any atom is 0.326 e. The minimum atomic E-state index is -1.05. The van der Waals surface area contributed by atoms with E-state index >= 15 is 0 Å². The number of carbonyl (C=O) groups excluding carboxylic acids is 1. The van der Waals surface area contributed by atoms with E-state index in [1.807, 2.05) is 49.6 Å². The predicted molar refractivity (Wildman–Crippen MR) is 123 cm³/mol. The molecule has 2 unspecified atom stereocenters. The second-order valence-corrected chi connectivity index (χ2v) is 8.43. The first-order valence-corrected chi connectivity index (χ1v) is 11.2. The lowest BCUT2D eigenvalue weighted by Gasteiger charge is -2.25. The smallest absolute Gasteiger partial charge is 0.326 e. The van der Waals surface area contributed by atoms with Crippen molar-refractivity contribution in [1.29, 1.82) is 0 Å². The number of aromatic amines is 1. The largest absolute Gasteiger partial charge is 0.480 e. The number of amides is 1. The monoisotopic (exact) mass is 438 g/mol. The Morgan fingerprint density at radius 1 is 1.26 bits per heavy atom. The number of benzene rings is 2. The third-order valence-corrected chi connectivity index (χ3v) is 5.86. The van der Waals surface area contributed by atoms with E-state index in [4.69, 9.17) is 5.73 Å². The van der Waals surface area contributed by atoms with Crippen molar-refractivity contribution < 1.29 is 14.7 Å². The molecule has 3 rings (SSSR count). The number of rotatable bonds is 9. The molecule has 0 saturated carbocycles. The van der Waals surface area contributed by atoms with Crippen molar-refractivity contribution in [2.75, 3.05) is 12.0 Å². The second kappa shape index (κ2) is 9.80. The summed E-state index contributed by atoms with van der Waals surface area (Å²) in [7, 11) is 0. The summed E-state index contributed by atoms with van der Waals surface area (Å²) >= 11 is 1.54. The molecule has 2 aromatic carbocycles. The molecule has 3 aromatic rings. The molecule has 0 radical (unpaired) electrons. The minimum Gasteiger partial charge on any atom is -0.480 e. The number of aromatic nitrogens is 2. The van der Waals surface area contributed by atoms with Crippen LogP contribution in [0, 0.1) is 0 Å². The van der Waals surface area contributed by atoms with Gasteiger partial charge in [0.1, 0.15) is 6.04 Å². The van der Waals surface area contributed by atoms with Crippen LogP contribution in [0.5, 0.6) is 0 Å². The second-order valence-electron chi connectivity index (χ2n) is 7.44. The highest BCUT2D eigenvalue weighted by Gasteiger charge is 2.28. The molecule has 1 amide bonds. The highest BCUT2D eigenvalue weighted by Crippen LogP contribution is 2.31. The van der Waals surface area contributed by atoms with Crippen molar-refractivity contribution in [1.82, 2.24) is 15.3 Å². The van der Waals surface area contributed by atoms with Crippen molar-refractivity contribution in [2.24, 2.45) is 5.73 Å². The summed E-state index contributed by atoms with van der Waals surface area (Å²) in [6.45, 7) is 1.87. The normalized spacial score (nSPS) is 13.9. The molecule has 1 aromatic heterocycles. The van der Waals surface area contributed by atoms with Crippen LogP contribution in [0.1, 0.15) is 35.0 Å². The van der Waals surface area contributed by atoms with Crippen LogP contribution in [0.25, 0.3) is 11.1 Å². The van der Waals surface area contributed by atoms with Crippen molar-refractivity contribution in [3.63, 3.8) is 0 Å². The lowest BCUT2D eigenvalue weighted by Crippen LogP contribution is -2.41. The van der Waals surface area contributed by atoms with Gasteiger partial charge in [-0.15, -0.1) is 0 Å². The highest BCUT2D eigenvalue weighted by molar-refractivity contribution is 7.98. The predicted octanol–water partition coefficient (Wildman–Crippen LogP) is 3.24. The number of hydrogen-bond acceptors (Lipinski definition) is 5. The number of imidazole rings is 1. The van der Waals surface area contributed by atoms with Gasteiger partial charge in [0.15, 0.2) is 0 Å². The number of H-pyrrole nitrogens is 1. The topological polar surface area (TPSA) is 121 Å². The molecule has 162 valence electrons. The summed E-state index contributed by atoms with van der Waals surface area (Å²) in [5.41, 5.74) is 9.20. The number of thioether (sulfide) groups is 1. The average Bonchev–Trinajstić information content (AvgIpc) is 3.32. The number of hydrogen-bond donors (Lipinski definition) is 4. The molecule has 0 aliphatic heterocycles. The molecule has 7 nitrogen and oxygen atoms in total. The van der Waals surface area contributed by atoms with Gasteiger partial charge in [-0.05, 0) is 54.2 Å². The van der Waals surface area contributed by atoms with Crippen LogP contribution in [-0.4, -0.2) is 45.0 Å². The standard InChI is InChI=1S/C23H26N4O3S/c1-23(24,20-13-25-14-26-20)16-8-9-17(18(12-16)15-6-4-3-5-7-15)21(28)27-19(22(29)30)10-11-31-2/h3-9,12-14,19H,10-11,24H2,1-2H3,(H,25,26)(H,27,28)(H,29,30). The van der Waals surface area contributed by atoms with Crippen LogP contribution in [0.4, 0.5) is 0 Å². The van der Waals surface area contributed by atoms with E-state index < -0.39 is 23.5 Å². The molecule has 1 heterocycles. The molecule has 0 spiro atoms. The van der Waals surface area contributed by atoms with Gasteiger partial charge in [-0.1, -0.05) is 36.4 Å². The van der Waals surface area contributed by atoms with Crippen molar-refractivity contribution in [3.05, 3.63) is 77.9 Å². The highest BCUT2D eigenvalue weighted by atomic mass is 32.2. The Labute approximate surface area is 185 Å². The number of nitrogens with zero attached hydrogens (tertiary/aromatic N) is 1. The third kappa shape index (κ3) is 5.15. The fraction of sp³-hybridized carbons (Fsp3) is 0.261. The Morgan fingerprint density at radius 2 is 2.00 bits per heavy atom. The first kappa shape index (κ1) is 22.6. The zero-order valence-electron chi connectivity index (χ0n) is 17.5. The summed E-state index contributed by atoms with van der Waals surface area (Å²) in [6, 6.07) is 13.9. The number of aliphatic carboxylic acids is 1. The Kier molecular flexibility index (Phi) is 7.14. The van der Waals surface area contributed by atoms with Gasteiger partial charge < -0.3 is 21.1 Å². The average molecular weight is 439 g/mol. The molecule has 8 heteroatoms. The Bertz CT molecular complexity index is 1040. The van der Waals surface area contributed by atoms with E-state index in [1.165, 1.54) is 11.8 Å². The summed E-state index contributed by atoms with van der Waals surface area (Å²) in [5.74, 6) is -0.842. The molecule has 5 N–H and O–H groups in total. The van der Waals surface area contributed by atoms with Crippen molar-refractivity contribution in [3.8, 4) is 11.1 Å². The summed E-state index contributed by atoms with van der Waals surface area (Å²) in [5, 5.41) is 12.2. The molecule has 0 fully saturated rings. The first-order chi connectivity index (χ1) is 14.8. The van der Waals surface area contributed by atoms with Crippen LogP contribution in [-0.2, 0) is 10.3 Å². The van der Waals surface area contributed by atoms with Crippen LogP contribution >= 0.6 is 11.8 Å². The maximum atomic E-state index is 13.1. The van der Waals surface area contributed by atoms with Gasteiger partial charge in [-0.25, -0.2) is 9.78 Å². The fourth-order valence-corrected chi connectivity index (χ4v) is 3.82. The third-order valence-electron chi connectivity index (χ3n) is 5.22. The lowest BCUT2D eigenvalue weighted by molar-refractivity contribution is -0.139. The van der Waals surface area contributed by atoms with Gasteiger partial charge in [0, 0.05) is 5.56 Å². The van der Waals surface area contributed by atoms with Crippen LogP contribution < -0.4 is 11.1 Å². The lowest BCUT2D eigenvalue weighted by atomic mass is 9.86. The molecule has 0 aliphatic carbocycles. The molecule has 0 aliphatic rings. The Morgan fingerprint density at radius 3 is 2.61 bits per heavy atom. The fourth-order valence-electron chi connectivity index (χ4n) is 3.35. The van der Waals surface area contributed by atoms with E-state index in [1.54, 1.807) is 24.7 Å². The van der Waals surface area contributed by atoms with Crippen LogP contribution in [0.2, 0.25) is 0 Å². The van der Waals surface area contributed by atoms with Gasteiger partial charge in [0.25, 0.3) is 5.91 Å². The minimum absolute atomic E-state index is 0.349. The van der Waals surface area contributed by atoms with E-state index in [-0.39, 0.29) is 0 Å². The van der Waals surface area contributed by atoms with E-state index in [0.29, 0.717) is 23.3 Å². The summed E-state index contributed by atoms with van der Waals surface area (Å²) in [4.78, 5) is 31.8. The molecular weight excluding hydrogens is 412 g/mol. The Balaban J connectivity index is 2.02. The van der Waals surface area contributed by atoms with Gasteiger partial charge in [0.05, 0.1) is 23.8 Å². The number of carbonyl (C=O) groups is 2. The van der Waals surface area contributed by atoms with Crippen LogP contribution in [0.3, 0.4) is 0 Å². The van der Waals surface area contributed by atoms with Crippen molar-refractivity contribution >= 4 is 23.6 Å².